The number of anilines is 1. The molecule has 0 saturated heterocycles. The summed E-state index contributed by atoms with van der Waals surface area (Å²) in [5.41, 5.74) is 2.06. The lowest BCUT2D eigenvalue weighted by Crippen LogP contribution is -2.28. The van der Waals surface area contributed by atoms with Gasteiger partial charge in [0.05, 0.1) is 27.9 Å². The summed E-state index contributed by atoms with van der Waals surface area (Å²) in [6.07, 6.45) is 0. The number of amides is 2. The molecule has 3 aromatic rings. The Morgan fingerprint density at radius 2 is 1.72 bits per heavy atom. The lowest BCUT2D eigenvalue weighted by Gasteiger charge is -2.11. The molecule has 0 aliphatic carbocycles. The van der Waals surface area contributed by atoms with Gasteiger partial charge in [-0.3, -0.25) is 0 Å². The zero-order valence-electron chi connectivity index (χ0n) is 16.7. The summed E-state index contributed by atoms with van der Waals surface area (Å²) < 4.78 is 21.3. The van der Waals surface area contributed by atoms with Gasteiger partial charge >= 0.3 is 6.03 Å². The van der Waals surface area contributed by atoms with Gasteiger partial charge in [-0.25, -0.2) is 9.78 Å². The lowest BCUT2D eigenvalue weighted by molar-refractivity contribution is 0.251. The van der Waals surface area contributed by atoms with Crippen LogP contribution in [0, 0.1) is 6.92 Å². The van der Waals surface area contributed by atoms with E-state index in [0.29, 0.717) is 34.5 Å². The fourth-order valence-corrected chi connectivity index (χ4v) is 2.70. The molecule has 0 fully saturated rings. The van der Waals surface area contributed by atoms with E-state index >= 15 is 0 Å². The molecule has 0 saturated carbocycles. The largest absolute Gasteiger partial charge is 0.497 e. The normalized spacial score (nSPS) is 10.3. The highest BCUT2D eigenvalue weighted by molar-refractivity contribution is 5.89. The van der Waals surface area contributed by atoms with Crippen LogP contribution in [0.4, 0.5) is 10.5 Å². The number of nitrogens with zero attached hydrogens (tertiary/aromatic N) is 1. The summed E-state index contributed by atoms with van der Waals surface area (Å²) in [6, 6.07) is 12.2. The average Bonchev–Trinajstić information content (AvgIpc) is 3.12. The second-order valence-electron chi connectivity index (χ2n) is 6.13. The summed E-state index contributed by atoms with van der Waals surface area (Å²) in [5, 5.41) is 5.52. The highest BCUT2D eigenvalue weighted by atomic mass is 16.5. The number of methoxy groups -OCH3 is 3. The Morgan fingerprint density at radius 1 is 1.00 bits per heavy atom. The summed E-state index contributed by atoms with van der Waals surface area (Å²) in [5.74, 6) is 3.00. The minimum atomic E-state index is -0.370. The molecule has 2 N–H and O–H groups in total. The topological polar surface area (TPSA) is 94.9 Å². The molecule has 0 atom stereocenters. The highest BCUT2D eigenvalue weighted by Crippen LogP contribution is 2.29. The molecule has 29 heavy (non-hydrogen) atoms. The molecule has 0 unspecified atom stereocenters. The van der Waals surface area contributed by atoms with Crippen LogP contribution in [0.5, 0.6) is 17.2 Å². The standard InChI is InChI=1S/C21H23N3O5/c1-13-17(24-20(29-13)14-5-8-16(26-2)9-6-14)12-22-21(25)23-15-7-10-18(27-3)19(11-15)28-4/h5-11H,12H2,1-4H3,(H2,22,23,25). The predicted octanol–water partition coefficient (Wildman–Crippen LogP) is 4.00. The van der Waals surface area contributed by atoms with Crippen LogP contribution >= 0.6 is 0 Å². The van der Waals surface area contributed by atoms with Gasteiger partial charge in [0, 0.05) is 17.3 Å². The van der Waals surface area contributed by atoms with Crippen LogP contribution in [-0.4, -0.2) is 32.3 Å². The van der Waals surface area contributed by atoms with E-state index in [4.69, 9.17) is 18.6 Å². The number of hydrogen-bond acceptors (Lipinski definition) is 6. The number of hydrogen-bond donors (Lipinski definition) is 2. The molecular formula is C21H23N3O5. The molecule has 2 amide bonds. The number of urea groups is 1. The molecule has 0 spiro atoms. The maximum atomic E-state index is 12.2. The number of aryl methyl sites for hydroxylation is 1. The van der Waals surface area contributed by atoms with E-state index in [-0.39, 0.29) is 12.6 Å². The molecule has 0 aliphatic heterocycles. The minimum Gasteiger partial charge on any atom is -0.497 e. The molecule has 0 bridgehead atoms. The van der Waals surface area contributed by atoms with Crippen molar-refractivity contribution in [3.8, 4) is 28.7 Å². The summed E-state index contributed by atoms with van der Waals surface area (Å²) >= 11 is 0. The van der Waals surface area contributed by atoms with Crippen LogP contribution in [0.1, 0.15) is 11.5 Å². The van der Waals surface area contributed by atoms with Crippen LogP contribution in [0.25, 0.3) is 11.5 Å². The van der Waals surface area contributed by atoms with Gasteiger partial charge < -0.3 is 29.3 Å². The third-order valence-electron chi connectivity index (χ3n) is 4.29. The van der Waals surface area contributed by atoms with E-state index in [9.17, 15) is 4.79 Å². The Balaban J connectivity index is 1.62. The number of carbonyl (C=O) groups is 1. The Morgan fingerprint density at radius 3 is 2.38 bits per heavy atom. The van der Waals surface area contributed by atoms with Crippen molar-refractivity contribution in [3.05, 3.63) is 53.9 Å². The van der Waals surface area contributed by atoms with Gasteiger partial charge in [-0.1, -0.05) is 0 Å². The number of nitrogens with one attached hydrogen (secondary N) is 2. The molecule has 1 heterocycles. The first-order valence-corrected chi connectivity index (χ1v) is 8.91. The second kappa shape index (κ2) is 9.01. The van der Waals surface area contributed by atoms with Gasteiger partial charge in [-0.05, 0) is 43.3 Å². The van der Waals surface area contributed by atoms with Crippen molar-refractivity contribution in [2.45, 2.75) is 13.5 Å². The Hall–Kier alpha value is -3.68. The quantitative estimate of drug-likeness (QED) is 0.626. The molecule has 152 valence electrons. The molecule has 3 rings (SSSR count). The van der Waals surface area contributed by atoms with E-state index in [2.05, 4.69) is 15.6 Å². The number of aromatic nitrogens is 1. The zero-order chi connectivity index (χ0) is 20.8. The lowest BCUT2D eigenvalue weighted by atomic mass is 10.2. The SMILES string of the molecule is COc1ccc(-c2nc(CNC(=O)Nc3ccc(OC)c(OC)c3)c(C)o2)cc1. The van der Waals surface area contributed by atoms with Gasteiger partial charge in [0.1, 0.15) is 17.2 Å². The Labute approximate surface area is 168 Å². The maximum Gasteiger partial charge on any atom is 0.319 e. The second-order valence-corrected chi connectivity index (χ2v) is 6.13. The van der Waals surface area contributed by atoms with E-state index < -0.39 is 0 Å². The predicted molar refractivity (Wildman–Crippen MR) is 109 cm³/mol. The van der Waals surface area contributed by atoms with Crippen LogP contribution in [0.3, 0.4) is 0 Å². The Bertz CT molecular complexity index is 982. The number of ether oxygens (including phenoxy) is 3. The molecule has 8 nitrogen and oxygen atoms in total. The molecule has 8 heteroatoms. The third-order valence-corrected chi connectivity index (χ3v) is 4.29. The fourth-order valence-electron chi connectivity index (χ4n) is 2.70. The van der Waals surface area contributed by atoms with Gasteiger partial charge in [0.15, 0.2) is 11.5 Å². The van der Waals surface area contributed by atoms with Crippen molar-refractivity contribution in [1.82, 2.24) is 10.3 Å². The third kappa shape index (κ3) is 4.78. The van der Waals surface area contributed by atoms with E-state index in [1.54, 1.807) is 32.4 Å². The van der Waals surface area contributed by atoms with Gasteiger partial charge in [-0.2, -0.15) is 0 Å². The summed E-state index contributed by atoms with van der Waals surface area (Å²) in [6.45, 7) is 2.04. The summed E-state index contributed by atoms with van der Waals surface area (Å²) in [7, 11) is 4.70. The Kier molecular flexibility index (Phi) is 6.23. The zero-order valence-corrected chi connectivity index (χ0v) is 16.7. The fraction of sp³-hybridized carbons (Fsp3) is 0.238. The van der Waals surface area contributed by atoms with Gasteiger partial charge in [-0.15, -0.1) is 0 Å². The number of rotatable bonds is 7. The smallest absolute Gasteiger partial charge is 0.319 e. The van der Waals surface area contributed by atoms with Crippen LogP contribution in [-0.2, 0) is 6.54 Å². The van der Waals surface area contributed by atoms with Crippen molar-refractivity contribution in [2.24, 2.45) is 0 Å². The summed E-state index contributed by atoms with van der Waals surface area (Å²) in [4.78, 5) is 16.7. The average molecular weight is 397 g/mol. The minimum absolute atomic E-state index is 0.227. The van der Waals surface area contributed by atoms with Crippen molar-refractivity contribution in [1.29, 1.82) is 0 Å². The first-order valence-electron chi connectivity index (χ1n) is 8.91. The molecule has 1 aromatic heterocycles. The van der Waals surface area contributed by atoms with E-state index in [1.807, 2.05) is 31.2 Å². The van der Waals surface area contributed by atoms with Crippen LogP contribution in [0.2, 0.25) is 0 Å². The highest BCUT2D eigenvalue weighted by Gasteiger charge is 2.13. The first kappa shape index (κ1) is 20.1. The molecule has 0 aliphatic rings. The molecule has 0 radical (unpaired) electrons. The number of benzene rings is 2. The molecular weight excluding hydrogens is 374 g/mol. The maximum absolute atomic E-state index is 12.2. The number of carbonyl (C=O) groups excluding carboxylic acids is 1. The van der Waals surface area contributed by atoms with E-state index in [0.717, 1.165) is 11.3 Å². The van der Waals surface area contributed by atoms with Crippen LogP contribution < -0.4 is 24.8 Å². The van der Waals surface area contributed by atoms with Gasteiger partial charge in [0.2, 0.25) is 5.89 Å². The van der Waals surface area contributed by atoms with Crippen molar-refractivity contribution >= 4 is 11.7 Å². The number of oxazole rings is 1. The monoisotopic (exact) mass is 397 g/mol. The van der Waals surface area contributed by atoms with E-state index in [1.165, 1.54) is 7.11 Å². The van der Waals surface area contributed by atoms with Crippen molar-refractivity contribution in [3.63, 3.8) is 0 Å². The van der Waals surface area contributed by atoms with Gasteiger partial charge in [0.25, 0.3) is 0 Å². The van der Waals surface area contributed by atoms with Crippen LogP contribution in [0.15, 0.2) is 46.9 Å². The van der Waals surface area contributed by atoms with Crippen molar-refractivity contribution < 1.29 is 23.4 Å². The first-order chi connectivity index (χ1) is 14.0. The molecule has 2 aromatic carbocycles. The van der Waals surface area contributed by atoms with Crippen molar-refractivity contribution in [2.75, 3.05) is 26.6 Å².